The van der Waals surface area contributed by atoms with Crippen LogP contribution in [0.5, 0.6) is 0 Å². The normalized spacial score (nSPS) is 17.7. The van der Waals surface area contributed by atoms with Gasteiger partial charge in [-0.1, -0.05) is 12.1 Å². The first kappa shape index (κ1) is 8.50. The van der Waals surface area contributed by atoms with Gasteiger partial charge in [0.1, 0.15) is 11.5 Å². The van der Waals surface area contributed by atoms with Crippen LogP contribution in [0.4, 0.5) is 5.82 Å². The van der Waals surface area contributed by atoms with Crippen LogP contribution in [0.1, 0.15) is 31.5 Å². The molecule has 1 aromatic heterocycles. The van der Waals surface area contributed by atoms with E-state index in [0.29, 0.717) is 0 Å². The van der Waals surface area contributed by atoms with Crippen LogP contribution in [0, 0.1) is 0 Å². The van der Waals surface area contributed by atoms with Crippen LogP contribution >= 0.6 is 0 Å². The van der Waals surface area contributed by atoms with Crippen molar-refractivity contribution in [1.82, 2.24) is 15.0 Å². The number of nitrogens with one attached hydrogen (secondary N) is 1. The molecular formula is C8H15N5. The van der Waals surface area contributed by atoms with Crippen LogP contribution in [-0.2, 0) is 6.54 Å². The van der Waals surface area contributed by atoms with Gasteiger partial charge in [0, 0.05) is 13.1 Å². The van der Waals surface area contributed by atoms with Crippen molar-refractivity contribution in [2.45, 2.75) is 32.4 Å². The van der Waals surface area contributed by atoms with Crippen molar-refractivity contribution < 1.29 is 0 Å². The van der Waals surface area contributed by atoms with E-state index < -0.39 is 0 Å². The van der Waals surface area contributed by atoms with Gasteiger partial charge in [-0.2, -0.15) is 0 Å². The lowest BCUT2D eigenvalue weighted by atomic mass is 10.1. The third kappa shape index (κ3) is 1.39. The number of aromatic nitrogens is 3. The molecule has 2 heterocycles. The summed E-state index contributed by atoms with van der Waals surface area (Å²) >= 11 is 0. The summed E-state index contributed by atoms with van der Waals surface area (Å²) in [4.78, 5) is 0. The Bertz CT molecular complexity index is 293. The minimum atomic E-state index is 0.00866. The number of rotatable bonds is 2. The Morgan fingerprint density at radius 3 is 3.31 bits per heavy atom. The fraction of sp³-hybridized carbons (Fsp3) is 0.750. The molecule has 1 atom stereocenters. The summed E-state index contributed by atoms with van der Waals surface area (Å²) in [6.45, 7) is 4.00. The highest BCUT2D eigenvalue weighted by atomic mass is 15.5. The van der Waals surface area contributed by atoms with E-state index in [2.05, 4.69) is 22.6 Å². The number of hydrogen-bond acceptors (Lipinski definition) is 4. The SMILES string of the molecule is CCC(N)c1nnn2c1NCCC2. The van der Waals surface area contributed by atoms with Crippen LogP contribution < -0.4 is 11.1 Å². The maximum atomic E-state index is 5.91. The second-order valence-electron chi connectivity index (χ2n) is 3.34. The fourth-order valence-electron chi connectivity index (χ4n) is 1.54. The third-order valence-corrected chi connectivity index (χ3v) is 2.39. The summed E-state index contributed by atoms with van der Waals surface area (Å²) in [6.07, 6.45) is 2.00. The summed E-state index contributed by atoms with van der Waals surface area (Å²) in [7, 11) is 0. The smallest absolute Gasteiger partial charge is 0.149 e. The molecule has 0 fully saturated rings. The van der Waals surface area contributed by atoms with Gasteiger partial charge in [0.25, 0.3) is 0 Å². The van der Waals surface area contributed by atoms with E-state index in [4.69, 9.17) is 5.73 Å². The van der Waals surface area contributed by atoms with E-state index in [1.807, 2.05) is 4.68 Å². The molecule has 1 aromatic rings. The highest BCUT2D eigenvalue weighted by Crippen LogP contribution is 2.22. The Kier molecular flexibility index (Phi) is 2.18. The van der Waals surface area contributed by atoms with Gasteiger partial charge in [-0.25, -0.2) is 4.68 Å². The average Bonchev–Trinajstić information content (AvgIpc) is 2.60. The molecular weight excluding hydrogens is 166 g/mol. The molecule has 5 nitrogen and oxygen atoms in total. The molecule has 5 heteroatoms. The second kappa shape index (κ2) is 3.33. The van der Waals surface area contributed by atoms with Crippen molar-refractivity contribution in [2.24, 2.45) is 5.73 Å². The first-order chi connectivity index (χ1) is 6.33. The summed E-state index contributed by atoms with van der Waals surface area (Å²) in [5, 5.41) is 11.4. The molecule has 0 bridgehead atoms. The van der Waals surface area contributed by atoms with Crippen LogP contribution in [-0.4, -0.2) is 21.5 Å². The van der Waals surface area contributed by atoms with Crippen molar-refractivity contribution in [3.05, 3.63) is 5.69 Å². The Labute approximate surface area is 77.3 Å². The molecule has 0 aliphatic carbocycles. The van der Waals surface area contributed by atoms with Gasteiger partial charge < -0.3 is 11.1 Å². The summed E-state index contributed by atoms with van der Waals surface area (Å²) < 4.78 is 1.90. The van der Waals surface area contributed by atoms with Crippen molar-refractivity contribution in [2.75, 3.05) is 11.9 Å². The van der Waals surface area contributed by atoms with Crippen molar-refractivity contribution in [1.29, 1.82) is 0 Å². The molecule has 0 amide bonds. The minimum Gasteiger partial charge on any atom is -0.369 e. The molecule has 3 N–H and O–H groups in total. The predicted octanol–water partition coefficient (Wildman–Crippen LogP) is 0.503. The molecule has 72 valence electrons. The number of hydrogen-bond donors (Lipinski definition) is 2. The van der Waals surface area contributed by atoms with Gasteiger partial charge in [-0.15, -0.1) is 5.10 Å². The minimum absolute atomic E-state index is 0.00866. The van der Waals surface area contributed by atoms with Gasteiger partial charge in [-0.3, -0.25) is 0 Å². The van der Waals surface area contributed by atoms with E-state index in [1.165, 1.54) is 0 Å². The van der Waals surface area contributed by atoms with E-state index in [9.17, 15) is 0 Å². The van der Waals surface area contributed by atoms with Gasteiger partial charge in [0.15, 0.2) is 0 Å². The monoisotopic (exact) mass is 181 g/mol. The zero-order valence-electron chi connectivity index (χ0n) is 7.82. The van der Waals surface area contributed by atoms with Crippen molar-refractivity contribution in [3.63, 3.8) is 0 Å². The van der Waals surface area contributed by atoms with Crippen LogP contribution in [0.25, 0.3) is 0 Å². The number of nitrogens with two attached hydrogens (primary N) is 1. The first-order valence-corrected chi connectivity index (χ1v) is 4.75. The highest BCUT2D eigenvalue weighted by molar-refractivity contribution is 5.42. The van der Waals surface area contributed by atoms with E-state index >= 15 is 0 Å². The van der Waals surface area contributed by atoms with Gasteiger partial charge in [0.05, 0.1) is 6.04 Å². The number of nitrogens with zero attached hydrogens (tertiary/aromatic N) is 3. The largest absolute Gasteiger partial charge is 0.369 e. The van der Waals surface area contributed by atoms with Crippen molar-refractivity contribution in [3.8, 4) is 0 Å². The maximum absolute atomic E-state index is 5.91. The summed E-state index contributed by atoms with van der Waals surface area (Å²) in [6, 6.07) is 0.00866. The molecule has 1 aliphatic rings. The average molecular weight is 181 g/mol. The fourth-order valence-corrected chi connectivity index (χ4v) is 1.54. The first-order valence-electron chi connectivity index (χ1n) is 4.75. The standard InChI is InChI=1S/C8H15N5/c1-2-6(9)7-8-10-4-3-5-13(8)12-11-7/h6,10H,2-5,9H2,1H3. The molecule has 0 aromatic carbocycles. The molecule has 2 rings (SSSR count). The quantitative estimate of drug-likeness (QED) is 0.697. The van der Waals surface area contributed by atoms with Crippen molar-refractivity contribution >= 4 is 5.82 Å². The van der Waals surface area contributed by atoms with Crippen LogP contribution in [0.2, 0.25) is 0 Å². The predicted molar refractivity (Wildman–Crippen MR) is 50.3 cm³/mol. The Balaban J connectivity index is 2.31. The van der Waals surface area contributed by atoms with Gasteiger partial charge >= 0.3 is 0 Å². The Morgan fingerprint density at radius 1 is 1.69 bits per heavy atom. The number of anilines is 1. The van der Waals surface area contributed by atoms with Gasteiger partial charge in [-0.05, 0) is 12.8 Å². The molecule has 0 radical (unpaired) electrons. The summed E-state index contributed by atoms with van der Waals surface area (Å²) in [5.41, 5.74) is 6.81. The number of fused-ring (bicyclic) bond motifs is 1. The van der Waals surface area contributed by atoms with Gasteiger partial charge in [0.2, 0.25) is 0 Å². The van der Waals surface area contributed by atoms with E-state index in [1.54, 1.807) is 0 Å². The highest BCUT2D eigenvalue weighted by Gasteiger charge is 2.19. The molecule has 0 saturated heterocycles. The molecule has 0 saturated carbocycles. The lowest BCUT2D eigenvalue weighted by Gasteiger charge is -2.16. The van der Waals surface area contributed by atoms with E-state index in [0.717, 1.165) is 37.4 Å². The van der Waals surface area contributed by atoms with E-state index in [-0.39, 0.29) is 6.04 Å². The Hall–Kier alpha value is -1.10. The third-order valence-electron chi connectivity index (χ3n) is 2.39. The zero-order valence-corrected chi connectivity index (χ0v) is 7.82. The Morgan fingerprint density at radius 2 is 2.54 bits per heavy atom. The summed E-state index contributed by atoms with van der Waals surface area (Å²) in [5.74, 6) is 1.01. The molecule has 13 heavy (non-hydrogen) atoms. The lowest BCUT2D eigenvalue weighted by molar-refractivity contribution is 0.549. The van der Waals surface area contributed by atoms with Crippen LogP contribution in [0.15, 0.2) is 0 Å². The van der Waals surface area contributed by atoms with Crippen LogP contribution in [0.3, 0.4) is 0 Å². The molecule has 1 unspecified atom stereocenters. The zero-order chi connectivity index (χ0) is 9.26. The molecule has 0 spiro atoms. The molecule has 1 aliphatic heterocycles. The second-order valence-corrected chi connectivity index (χ2v) is 3.34. The number of aryl methyl sites for hydroxylation is 1. The maximum Gasteiger partial charge on any atom is 0.149 e. The topological polar surface area (TPSA) is 68.8 Å². The lowest BCUT2D eigenvalue weighted by Crippen LogP contribution is -2.20.